The van der Waals surface area contributed by atoms with E-state index >= 15 is 0 Å². The number of amides is 2. The third-order valence-corrected chi connectivity index (χ3v) is 6.77. The number of benzene rings is 1. The normalized spacial score (nSPS) is 18.0. The largest absolute Gasteiger partial charge is 0.354 e. The van der Waals surface area contributed by atoms with Crippen LogP contribution in [-0.4, -0.2) is 15.5 Å². The van der Waals surface area contributed by atoms with Crippen LogP contribution in [0.2, 0.25) is 0 Å². The summed E-state index contributed by atoms with van der Waals surface area (Å²) in [4.78, 5) is 12.5. The van der Waals surface area contributed by atoms with E-state index in [1.54, 1.807) is 0 Å². The molecule has 0 bridgehead atoms. The summed E-state index contributed by atoms with van der Waals surface area (Å²) in [5.41, 5.74) is 1.93. The van der Waals surface area contributed by atoms with E-state index in [2.05, 4.69) is 9.68 Å². The van der Waals surface area contributed by atoms with Gasteiger partial charge in [-0.3, -0.25) is 0 Å². The molecule has 0 saturated heterocycles. The Morgan fingerprint density at radius 1 is 1.15 bits per heavy atom. The van der Waals surface area contributed by atoms with E-state index in [1.807, 2.05) is 27.7 Å². The summed E-state index contributed by atoms with van der Waals surface area (Å²) in [6, 6.07) is 2.12. The predicted molar refractivity (Wildman–Crippen MR) is 105 cm³/mol. The molecule has 5 nitrogen and oxygen atoms in total. The van der Waals surface area contributed by atoms with Crippen LogP contribution < -0.4 is 10.5 Å². The van der Waals surface area contributed by atoms with Gasteiger partial charge in [0.15, 0.2) is 0 Å². The lowest BCUT2D eigenvalue weighted by atomic mass is 9.92. The summed E-state index contributed by atoms with van der Waals surface area (Å²) in [6.07, 6.45) is 4.49. The van der Waals surface area contributed by atoms with Crippen LogP contribution in [0.5, 0.6) is 0 Å². The van der Waals surface area contributed by atoms with Crippen molar-refractivity contribution in [3.05, 3.63) is 29.1 Å². The molecule has 1 aliphatic rings. The number of hydrogen-bond acceptors (Lipinski definition) is 2. The predicted octanol–water partition coefficient (Wildman–Crippen LogP) is 5.28. The number of anilines is 1. The molecule has 1 fully saturated rings. The Kier molecular flexibility index (Phi) is 6.80. The number of nitrogens with zero attached hydrogens (tertiary/aromatic N) is 1. The van der Waals surface area contributed by atoms with Crippen molar-refractivity contribution in [1.29, 1.82) is 0 Å². The Bertz CT molecular complexity index is 748. The molecular weight excluding hydrogens is 353 g/mol. The summed E-state index contributed by atoms with van der Waals surface area (Å²) in [7, 11) is -3.09. The van der Waals surface area contributed by atoms with Crippen molar-refractivity contribution in [3.8, 4) is 0 Å². The van der Waals surface area contributed by atoms with Crippen molar-refractivity contribution in [1.82, 2.24) is 0 Å². The van der Waals surface area contributed by atoms with Gasteiger partial charge in [-0.2, -0.15) is 0 Å². The maximum absolute atomic E-state index is 14.0. The minimum Gasteiger partial charge on any atom is -0.305 e. The number of urea groups is 1. The molecular formula is C19H30FN3O2S. The summed E-state index contributed by atoms with van der Waals surface area (Å²) in [5, 5.41) is 8.39. The first-order valence-electron chi connectivity index (χ1n) is 9.30. The van der Waals surface area contributed by atoms with Crippen molar-refractivity contribution < 1.29 is 13.4 Å². The molecule has 7 heteroatoms. The Morgan fingerprint density at radius 3 is 2.12 bits per heavy atom. The minimum atomic E-state index is -3.09. The van der Waals surface area contributed by atoms with Gasteiger partial charge in [-0.15, -0.1) is 4.36 Å². The topological polar surface area (TPSA) is 84.6 Å². The van der Waals surface area contributed by atoms with Crippen LogP contribution in [0.1, 0.15) is 82.8 Å². The highest BCUT2D eigenvalue weighted by Gasteiger charge is 2.24. The van der Waals surface area contributed by atoms with Crippen LogP contribution in [0, 0.1) is 5.82 Å². The second-order valence-corrected chi connectivity index (χ2v) is 9.74. The summed E-state index contributed by atoms with van der Waals surface area (Å²) in [5.74, 6) is -0.310. The highest BCUT2D eigenvalue weighted by Crippen LogP contribution is 2.34. The molecule has 1 aliphatic carbocycles. The molecule has 1 aromatic carbocycles. The second kappa shape index (κ2) is 8.48. The molecule has 1 saturated carbocycles. The zero-order valence-corrected chi connectivity index (χ0v) is 16.9. The van der Waals surface area contributed by atoms with Gasteiger partial charge < -0.3 is 5.32 Å². The lowest BCUT2D eigenvalue weighted by molar-refractivity contribution is 0.260. The van der Waals surface area contributed by atoms with Crippen molar-refractivity contribution in [2.45, 2.75) is 76.9 Å². The van der Waals surface area contributed by atoms with E-state index in [1.165, 1.54) is 12.1 Å². The van der Waals surface area contributed by atoms with Gasteiger partial charge in [-0.25, -0.2) is 18.5 Å². The molecule has 0 aromatic heterocycles. The Balaban J connectivity index is 2.36. The third-order valence-electron chi connectivity index (χ3n) is 4.90. The van der Waals surface area contributed by atoms with Crippen LogP contribution >= 0.6 is 0 Å². The molecule has 2 rings (SSSR count). The molecule has 1 atom stereocenters. The van der Waals surface area contributed by atoms with E-state index in [0.29, 0.717) is 16.8 Å². The fourth-order valence-corrected chi connectivity index (χ4v) is 4.90. The van der Waals surface area contributed by atoms with Crippen molar-refractivity contribution >= 4 is 21.6 Å². The summed E-state index contributed by atoms with van der Waals surface area (Å²) >= 11 is 0. The Morgan fingerprint density at radius 2 is 1.65 bits per heavy atom. The number of nitrogens with one attached hydrogen (secondary N) is 1. The molecule has 0 aliphatic heterocycles. The maximum Gasteiger partial charge on any atom is 0.354 e. The smallest absolute Gasteiger partial charge is 0.305 e. The number of nitrogens with two attached hydrogens (primary N) is 1. The van der Waals surface area contributed by atoms with Gasteiger partial charge >= 0.3 is 6.03 Å². The van der Waals surface area contributed by atoms with Gasteiger partial charge in [-0.1, -0.05) is 47.0 Å². The van der Waals surface area contributed by atoms with Gasteiger partial charge in [0.25, 0.3) is 0 Å². The van der Waals surface area contributed by atoms with Crippen LogP contribution in [0.4, 0.5) is 14.9 Å². The van der Waals surface area contributed by atoms with Gasteiger partial charge in [-0.05, 0) is 47.9 Å². The van der Waals surface area contributed by atoms with Gasteiger partial charge in [0.05, 0.1) is 5.25 Å². The van der Waals surface area contributed by atoms with Crippen LogP contribution in [0.25, 0.3) is 0 Å². The quantitative estimate of drug-likeness (QED) is 0.741. The van der Waals surface area contributed by atoms with Gasteiger partial charge in [0.1, 0.15) is 15.7 Å². The lowest BCUT2D eigenvalue weighted by Crippen LogP contribution is -2.31. The molecule has 26 heavy (non-hydrogen) atoms. The molecule has 2 amide bonds. The molecule has 0 heterocycles. The average Bonchev–Trinajstić information content (AvgIpc) is 2.56. The number of hydrogen-bond donors (Lipinski definition) is 2. The van der Waals surface area contributed by atoms with Crippen LogP contribution in [0.15, 0.2) is 16.5 Å². The zero-order chi connectivity index (χ0) is 19.5. The Hall–Kier alpha value is -1.47. The fourth-order valence-electron chi connectivity index (χ4n) is 3.44. The molecule has 0 spiro atoms. The number of carbonyl (C=O) groups excluding carboxylic acids is 1. The van der Waals surface area contributed by atoms with Crippen molar-refractivity contribution in [3.63, 3.8) is 0 Å². The molecule has 0 radical (unpaired) electrons. The molecule has 1 unspecified atom stereocenters. The monoisotopic (exact) mass is 383 g/mol. The Labute approximate surface area is 156 Å². The number of rotatable bonds is 4. The summed E-state index contributed by atoms with van der Waals surface area (Å²) < 4.78 is 30.5. The van der Waals surface area contributed by atoms with E-state index < -0.39 is 15.9 Å². The third kappa shape index (κ3) is 5.04. The highest BCUT2D eigenvalue weighted by atomic mass is 32.2. The molecule has 146 valence electrons. The SMILES string of the molecule is CC(C)c1cc(F)cc(C(C)C)c1NC(=O)N=S(N)(=O)C1CCCCC1. The van der Waals surface area contributed by atoms with Crippen LogP contribution in [0.3, 0.4) is 0 Å². The molecule has 1 aromatic rings. The first-order chi connectivity index (χ1) is 12.1. The van der Waals surface area contributed by atoms with Gasteiger partial charge in [0, 0.05) is 5.69 Å². The number of carbonyl (C=O) groups is 1. The van der Waals surface area contributed by atoms with E-state index in [0.717, 1.165) is 32.1 Å². The van der Waals surface area contributed by atoms with Crippen molar-refractivity contribution in [2.75, 3.05) is 5.32 Å². The van der Waals surface area contributed by atoms with E-state index in [-0.39, 0.29) is 22.9 Å². The van der Waals surface area contributed by atoms with Crippen molar-refractivity contribution in [2.24, 2.45) is 9.50 Å². The summed E-state index contributed by atoms with van der Waals surface area (Å²) in [6.45, 7) is 7.72. The second-order valence-electron chi connectivity index (χ2n) is 7.66. The standard InChI is InChI=1S/C19H30FN3O2S/c1-12(2)16-10-14(20)11-17(13(3)4)18(16)22-19(24)23-26(21,25)15-8-6-5-7-9-15/h10-13,15H,5-9H2,1-4H3,(H3,21,22,23,24,25). The first-order valence-corrected chi connectivity index (χ1v) is 10.9. The molecule has 3 N–H and O–H groups in total. The van der Waals surface area contributed by atoms with Crippen LogP contribution in [-0.2, 0) is 9.92 Å². The zero-order valence-electron chi connectivity index (χ0n) is 16.0. The van der Waals surface area contributed by atoms with E-state index in [4.69, 9.17) is 5.14 Å². The fraction of sp³-hybridized carbons (Fsp3) is 0.632. The van der Waals surface area contributed by atoms with Gasteiger partial charge in [0.2, 0.25) is 0 Å². The van der Waals surface area contributed by atoms with E-state index in [9.17, 15) is 13.4 Å². The maximum atomic E-state index is 14.0. The average molecular weight is 384 g/mol. The lowest BCUT2D eigenvalue weighted by Gasteiger charge is -2.23. The highest BCUT2D eigenvalue weighted by molar-refractivity contribution is 7.92. The first kappa shape index (κ1) is 20.8. The number of halogens is 1. The minimum absolute atomic E-state index is 0.0130.